The van der Waals surface area contributed by atoms with E-state index in [1.165, 1.54) is 0 Å². The number of anilines is 1. The standard InChI is InChI=1S/C15H18F3N5OS/c1-24-12-4-3-11(9-19-12)10-22-5-2-6-23(8-7-22)14-21-20-13(25-14)15(16,17)18/h3-4,9H,2,5-8,10H2,1H3. The van der Waals surface area contributed by atoms with Crippen LogP contribution in [0.25, 0.3) is 0 Å². The largest absolute Gasteiger partial charge is 0.481 e. The summed E-state index contributed by atoms with van der Waals surface area (Å²) in [6.45, 7) is 3.65. The smallest absolute Gasteiger partial charge is 0.445 e. The zero-order valence-electron chi connectivity index (χ0n) is 13.7. The van der Waals surface area contributed by atoms with E-state index < -0.39 is 11.2 Å². The molecule has 10 heteroatoms. The van der Waals surface area contributed by atoms with Gasteiger partial charge in [0.25, 0.3) is 0 Å². The highest BCUT2D eigenvalue weighted by Gasteiger charge is 2.36. The molecule has 0 bridgehead atoms. The van der Waals surface area contributed by atoms with Crippen LogP contribution in [0.3, 0.4) is 0 Å². The number of alkyl halides is 3. The van der Waals surface area contributed by atoms with Gasteiger partial charge in [-0.3, -0.25) is 4.90 Å². The lowest BCUT2D eigenvalue weighted by Crippen LogP contribution is -2.30. The number of ether oxygens (including phenoxy) is 1. The summed E-state index contributed by atoms with van der Waals surface area (Å²) >= 11 is 0.601. The van der Waals surface area contributed by atoms with Gasteiger partial charge in [-0.2, -0.15) is 13.2 Å². The first-order valence-corrected chi connectivity index (χ1v) is 8.64. The molecule has 0 aromatic carbocycles. The average molecular weight is 373 g/mol. The molecule has 2 aromatic rings. The van der Waals surface area contributed by atoms with Crippen LogP contribution in [0, 0.1) is 0 Å². The summed E-state index contributed by atoms with van der Waals surface area (Å²) < 4.78 is 43.1. The maximum Gasteiger partial charge on any atom is 0.445 e. The summed E-state index contributed by atoms with van der Waals surface area (Å²) in [6.07, 6.45) is -1.80. The first kappa shape index (κ1) is 17.9. The molecule has 0 N–H and O–H groups in total. The van der Waals surface area contributed by atoms with E-state index in [0.717, 1.165) is 31.6 Å². The van der Waals surface area contributed by atoms with Crippen molar-refractivity contribution in [2.45, 2.75) is 19.1 Å². The van der Waals surface area contributed by atoms with Crippen LogP contribution < -0.4 is 9.64 Å². The Morgan fingerprint density at radius 1 is 1.16 bits per heavy atom. The summed E-state index contributed by atoms with van der Waals surface area (Å²) in [5.41, 5.74) is 1.07. The van der Waals surface area contributed by atoms with Crippen LogP contribution in [0.4, 0.5) is 18.3 Å². The summed E-state index contributed by atoms with van der Waals surface area (Å²) in [5, 5.41) is 6.41. The molecule has 3 heterocycles. The molecule has 2 aromatic heterocycles. The molecule has 1 aliphatic heterocycles. The minimum absolute atomic E-state index is 0.334. The fraction of sp³-hybridized carbons (Fsp3) is 0.533. The molecule has 0 saturated carbocycles. The molecule has 0 spiro atoms. The quantitative estimate of drug-likeness (QED) is 0.821. The number of nitrogens with zero attached hydrogens (tertiary/aromatic N) is 5. The Bertz CT molecular complexity index is 691. The third kappa shape index (κ3) is 4.57. The second kappa shape index (κ2) is 7.52. The molecule has 0 unspecified atom stereocenters. The van der Waals surface area contributed by atoms with Gasteiger partial charge in [-0.15, -0.1) is 10.2 Å². The van der Waals surface area contributed by atoms with Gasteiger partial charge in [-0.05, 0) is 12.0 Å². The Kier molecular flexibility index (Phi) is 5.38. The van der Waals surface area contributed by atoms with E-state index >= 15 is 0 Å². The van der Waals surface area contributed by atoms with Gasteiger partial charge in [0, 0.05) is 45.0 Å². The predicted octanol–water partition coefficient (Wildman–Crippen LogP) is 2.67. The van der Waals surface area contributed by atoms with Gasteiger partial charge in [-0.1, -0.05) is 17.4 Å². The number of hydrogen-bond acceptors (Lipinski definition) is 7. The number of aromatic nitrogens is 3. The normalized spacial score (nSPS) is 16.7. The van der Waals surface area contributed by atoms with E-state index in [0.29, 0.717) is 35.4 Å². The minimum atomic E-state index is -4.44. The highest BCUT2D eigenvalue weighted by Crippen LogP contribution is 2.34. The van der Waals surface area contributed by atoms with Crippen LogP contribution >= 0.6 is 11.3 Å². The molecule has 3 rings (SSSR count). The van der Waals surface area contributed by atoms with Crippen LogP contribution in [0.1, 0.15) is 17.0 Å². The van der Waals surface area contributed by atoms with Gasteiger partial charge in [0.1, 0.15) is 0 Å². The Morgan fingerprint density at radius 3 is 2.64 bits per heavy atom. The zero-order valence-corrected chi connectivity index (χ0v) is 14.5. The number of rotatable bonds is 4. The number of hydrogen-bond donors (Lipinski definition) is 0. The van der Waals surface area contributed by atoms with Gasteiger partial charge < -0.3 is 9.64 Å². The lowest BCUT2D eigenvalue weighted by Gasteiger charge is -2.21. The first-order valence-electron chi connectivity index (χ1n) is 7.82. The van der Waals surface area contributed by atoms with E-state index in [4.69, 9.17) is 4.74 Å². The van der Waals surface area contributed by atoms with E-state index in [-0.39, 0.29) is 0 Å². The zero-order chi connectivity index (χ0) is 17.9. The van der Waals surface area contributed by atoms with Crippen molar-refractivity contribution >= 4 is 16.5 Å². The van der Waals surface area contributed by atoms with Gasteiger partial charge in [0.2, 0.25) is 16.0 Å². The van der Waals surface area contributed by atoms with Crippen molar-refractivity contribution in [3.05, 3.63) is 28.9 Å². The first-order chi connectivity index (χ1) is 12.0. The van der Waals surface area contributed by atoms with E-state index in [1.807, 2.05) is 17.0 Å². The summed E-state index contributed by atoms with van der Waals surface area (Å²) in [4.78, 5) is 8.33. The highest BCUT2D eigenvalue weighted by atomic mass is 32.1. The Labute approximate surface area is 147 Å². The molecule has 0 radical (unpaired) electrons. The fourth-order valence-electron chi connectivity index (χ4n) is 2.66. The third-order valence-corrected chi connectivity index (χ3v) is 4.96. The van der Waals surface area contributed by atoms with Crippen LogP contribution in [0.5, 0.6) is 5.88 Å². The topological polar surface area (TPSA) is 54.4 Å². The highest BCUT2D eigenvalue weighted by molar-refractivity contribution is 7.15. The van der Waals surface area contributed by atoms with Crippen LogP contribution in [-0.2, 0) is 12.7 Å². The molecule has 1 fully saturated rings. The number of pyridine rings is 1. The van der Waals surface area contributed by atoms with E-state index in [2.05, 4.69) is 20.1 Å². The summed E-state index contributed by atoms with van der Waals surface area (Å²) in [6, 6.07) is 3.79. The summed E-state index contributed by atoms with van der Waals surface area (Å²) in [7, 11) is 1.57. The van der Waals surface area contributed by atoms with Crippen molar-refractivity contribution in [1.82, 2.24) is 20.1 Å². The predicted molar refractivity (Wildman–Crippen MR) is 87.8 cm³/mol. The second-order valence-corrected chi connectivity index (χ2v) is 6.67. The van der Waals surface area contributed by atoms with Crippen molar-refractivity contribution in [3.63, 3.8) is 0 Å². The van der Waals surface area contributed by atoms with Crippen molar-refractivity contribution in [1.29, 1.82) is 0 Å². The molecule has 6 nitrogen and oxygen atoms in total. The molecule has 0 amide bonds. The molecule has 25 heavy (non-hydrogen) atoms. The van der Waals surface area contributed by atoms with Gasteiger partial charge in [-0.25, -0.2) is 4.98 Å². The van der Waals surface area contributed by atoms with E-state index in [1.54, 1.807) is 13.3 Å². The lowest BCUT2D eigenvalue weighted by molar-refractivity contribution is -0.138. The Balaban J connectivity index is 1.59. The Hall–Kier alpha value is -1.94. The van der Waals surface area contributed by atoms with Crippen molar-refractivity contribution in [3.8, 4) is 5.88 Å². The van der Waals surface area contributed by atoms with Crippen LogP contribution in [-0.4, -0.2) is 53.4 Å². The molecule has 1 aliphatic rings. The average Bonchev–Trinajstić information content (AvgIpc) is 2.98. The molecule has 136 valence electrons. The third-order valence-electron chi connectivity index (χ3n) is 3.93. The van der Waals surface area contributed by atoms with Crippen molar-refractivity contribution in [2.24, 2.45) is 0 Å². The molecule has 1 saturated heterocycles. The van der Waals surface area contributed by atoms with Gasteiger partial charge >= 0.3 is 6.18 Å². The maximum absolute atomic E-state index is 12.7. The van der Waals surface area contributed by atoms with Gasteiger partial charge in [0.15, 0.2) is 0 Å². The SMILES string of the molecule is COc1ccc(CN2CCCN(c3nnc(C(F)(F)F)s3)CC2)cn1. The molecule has 0 atom stereocenters. The number of halogens is 3. The van der Waals surface area contributed by atoms with Crippen molar-refractivity contribution in [2.75, 3.05) is 38.2 Å². The summed E-state index contributed by atoms with van der Waals surface area (Å²) in [5.74, 6) is 0.572. The monoisotopic (exact) mass is 373 g/mol. The lowest BCUT2D eigenvalue weighted by atomic mass is 10.2. The van der Waals surface area contributed by atoms with Crippen LogP contribution in [0.15, 0.2) is 18.3 Å². The molecular formula is C15H18F3N5OS. The number of methoxy groups -OCH3 is 1. The molecular weight excluding hydrogens is 355 g/mol. The fourth-order valence-corrected chi connectivity index (χ4v) is 3.43. The molecule has 0 aliphatic carbocycles. The van der Waals surface area contributed by atoms with Gasteiger partial charge in [0.05, 0.1) is 7.11 Å². The maximum atomic E-state index is 12.7. The minimum Gasteiger partial charge on any atom is -0.481 e. The van der Waals surface area contributed by atoms with Crippen LogP contribution in [0.2, 0.25) is 0 Å². The van der Waals surface area contributed by atoms with E-state index in [9.17, 15) is 13.2 Å². The Morgan fingerprint density at radius 2 is 2.00 bits per heavy atom. The van der Waals surface area contributed by atoms with Crippen molar-refractivity contribution < 1.29 is 17.9 Å². The second-order valence-electron chi connectivity index (χ2n) is 5.71.